The minimum Gasteiger partial charge on any atom is -0.497 e. The van der Waals surface area contributed by atoms with E-state index in [4.69, 9.17) is 16.3 Å². The predicted molar refractivity (Wildman–Crippen MR) is 89.0 cm³/mol. The number of halogens is 1. The third-order valence-corrected chi connectivity index (χ3v) is 4.09. The first kappa shape index (κ1) is 15.9. The van der Waals surface area contributed by atoms with Crippen LogP contribution in [0.3, 0.4) is 0 Å². The van der Waals surface area contributed by atoms with Gasteiger partial charge in [-0.1, -0.05) is 48.9 Å². The molecule has 0 saturated carbocycles. The second-order valence-electron chi connectivity index (χ2n) is 5.14. The molecule has 112 valence electrons. The lowest BCUT2D eigenvalue weighted by Gasteiger charge is -2.24. The number of methoxy groups -OCH3 is 1. The second-order valence-corrected chi connectivity index (χ2v) is 5.55. The summed E-state index contributed by atoms with van der Waals surface area (Å²) in [6.45, 7) is 4.33. The van der Waals surface area contributed by atoms with Crippen molar-refractivity contribution in [1.82, 2.24) is 5.32 Å². The maximum absolute atomic E-state index is 6.27. The van der Waals surface area contributed by atoms with Gasteiger partial charge in [-0.05, 0) is 42.7 Å². The van der Waals surface area contributed by atoms with E-state index in [2.05, 4.69) is 37.4 Å². The SMILES string of the molecule is CCC(N[C@@H](C)c1ccccc1Cl)c1ccc(OC)cc1. The van der Waals surface area contributed by atoms with E-state index in [-0.39, 0.29) is 6.04 Å². The molecule has 2 rings (SSSR count). The number of benzene rings is 2. The van der Waals surface area contributed by atoms with Crippen LogP contribution in [-0.4, -0.2) is 7.11 Å². The maximum atomic E-state index is 6.27. The monoisotopic (exact) mass is 303 g/mol. The third kappa shape index (κ3) is 3.99. The largest absolute Gasteiger partial charge is 0.497 e. The number of hydrogen-bond acceptors (Lipinski definition) is 2. The first-order chi connectivity index (χ1) is 10.2. The molecule has 2 atom stereocenters. The fraction of sp³-hybridized carbons (Fsp3) is 0.333. The molecule has 0 amide bonds. The van der Waals surface area contributed by atoms with Crippen LogP contribution in [0.1, 0.15) is 43.5 Å². The Kier molecular flexibility index (Phi) is 5.66. The molecule has 0 aliphatic heterocycles. The summed E-state index contributed by atoms with van der Waals surface area (Å²) in [4.78, 5) is 0. The average Bonchev–Trinajstić information content (AvgIpc) is 2.53. The van der Waals surface area contributed by atoms with Crippen LogP contribution in [0.25, 0.3) is 0 Å². The zero-order valence-electron chi connectivity index (χ0n) is 12.8. The van der Waals surface area contributed by atoms with Gasteiger partial charge in [0.1, 0.15) is 5.75 Å². The van der Waals surface area contributed by atoms with Crippen molar-refractivity contribution in [2.45, 2.75) is 32.4 Å². The van der Waals surface area contributed by atoms with Crippen LogP contribution >= 0.6 is 11.6 Å². The molecule has 2 nitrogen and oxygen atoms in total. The van der Waals surface area contributed by atoms with Gasteiger partial charge < -0.3 is 10.1 Å². The number of nitrogens with one attached hydrogen (secondary N) is 1. The van der Waals surface area contributed by atoms with Gasteiger partial charge in [-0.15, -0.1) is 0 Å². The molecule has 2 aromatic carbocycles. The van der Waals surface area contributed by atoms with Crippen molar-refractivity contribution < 1.29 is 4.74 Å². The molecule has 1 unspecified atom stereocenters. The average molecular weight is 304 g/mol. The van der Waals surface area contributed by atoms with Gasteiger partial charge in [-0.25, -0.2) is 0 Å². The van der Waals surface area contributed by atoms with E-state index in [1.807, 2.05) is 30.3 Å². The third-order valence-electron chi connectivity index (χ3n) is 3.75. The van der Waals surface area contributed by atoms with Gasteiger partial charge in [0.15, 0.2) is 0 Å². The molecule has 0 bridgehead atoms. The Balaban J connectivity index is 2.13. The van der Waals surface area contributed by atoms with E-state index in [1.54, 1.807) is 7.11 Å². The van der Waals surface area contributed by atoms with Crippen LogP contribution in [0, 0.1) is 0 Å². The van der Waals surface area contributed by atoms with Gasteiger partial charge >= 0.3 is 0 Å². The van der Waals surface area contributed by atoms with Gasteiger partial charge in [-0.3, -0.25) is 0 Å². The molecule has 0 saturated heterocycles. The Hall–Kier alpha value is -1.51. The summed E-state index contributed by atoms with van der Waals surface area (Å²) in [5.74, 6) is 0.882. The quantitative estimate of drug-likeness (QED) is 0.796. The van der Waals surface area contributed by atoms with E-state index in [9.17, 15) is 0 Å². The highest BCUT2D eigenvalue weighted by atomic mass is 35.5. The molecule has 3 heteroatoms. The van der Waals surface area contributed by atoms with E-state index < -0.39 is 0 Å². The molecule has 0 aromatic heterocycles. The lowest BCUT2D eigenvalue weighted by atomic mass is 10.0. The summed E-state index contributed by atoms with van der Waals surface area (Å²) in [7, 11) is 1.68. The molecule has 2 aromatic rings. The molecule has 0 spiro atoms. The van der Waals surface area contributed by atoms with Crippen LogP contribution in [0.5, 0.6) is 5.75 Å². The highest BCUT2D eigenvalue weighted by Gasteiger charge is 2.15. The first-order valence-electron chi connectivity index (χ1n) is 7.30. The normalized spacial score (nSPS) is 13.7. The van der Waals surface area contributed by atoms with E-state index in [1.165, 1.54) is 5.56 Å². The Bertz CT molecular complexity index is 568. The predicted octanol–water partition coefficient (Wildman–Crippen LogP) is 5.15. The molecule has 0 fully saturated rings. The van der Waals surface area contributed by atoms with Gasteiger partial charge in [-0.2, -0.15) is 0 Å². The van der Waals surface area contributed by atoms with Gasteiger partial charge in [0, 0.05) is 17.1 Å². The van der Waals surface area contributed by atoms with Crippen molar-refractivity contribution in [2.24, 2.45) is 0 Å². The Morgan fingerprint density at radius 3 is 2.33 bits per heavy atom. The van der Waals surface area contributed by atoms with E-state index in [0.29, 0.717) is 6.04 Å². The van der Waals surface area contributed by atoms with E-state index in [0.717, 1.165) is 22.8 Å². The molecule has 0 radical (unpaired) electrons. The minimum atomic E-state index is 0.200. The highest BCUT2D eigenvalue weighted by Crippen LogP contribution is 2.27. The summed E-state index contributed by atoms with van der Waals surface area (Å²) in [5, 5.41) is 4.46. The topological polar surface area (TPSA) is 21.3 Å². The van der Waals surface area contributed by atoms with Gasteiger partial charge in [0.05, 0.1) is 7.11 Å². The fourth-order valence-electron chi connectivity index (χ4n) is 2.50. The van der Waals surface area contributed by atoms with Crippen molar-refractivity contribution in [3.05, 3.63) is 64.7 Å². The van der Waals surface area contributed by atoms with Crippen molar-refractivity contribution in [2.75, 3.05) is 7.11 Å². The van der Waals surface area contributed by atoms with Crippen LogP contribution < -0.4 is 10.1 Å². The number of rotatable bonds is 6. The molecule has 1 N–H and O–H groups in total. The Morgan fingerprint density at radius 1 is 1.10 bits per heavy atom. The Labute approximate surface area is 132 Å². The van der Waals surface area contributed by atoms with Crippen molar-refractivity contribution >= 4 is 11.6 Å². The van der Waals surface area contributed by atoms with Crippen molar-refractivity contribution in [3.8, 4) is 5.75 Å². The van der Waals surface area contributed by atoms with Crippen LogP contribution in [0.2, 0.25) is 5.02 Å². The summed E-state index contributed by atoms with van der Waals surface area (Å²) in [6, 6.07) is 16.7. The van der Waals surface area contributed by atoms with Crippen LogP contribution in [0.15, 0.2) is 48.5 Å². The molecule has 0 aliphatic rings. The summed E-state index contributed by atoms with van der Waals surface area (Å²) in [5.41, 5.74) is 2.39. The van der Waals surface area contributed by atoms with E-state index >= 15 is 0 Å². The summed E-state index contributed by atoms with van der Waals surface area (Å²) < 4.78 is 5.21. The first-order valence-corrected chi connectivity index (χ1v) is 7.68. The molecule has 21 heavy (non-hydrogen) atoms. The standard InChI is InChI=1S/C18H22ClNO/c1-4-18(14-9-11-15(21-3)12-10-14)20-13(2)16-7-5-6-8-17(16)19/h5-13,18,20H,4H2,1-3H3/t13-,18?/m0/s1. The molecular weight excluding hydrogens is 282 g/mol. The zero-order chi connectivity index (χ0) is 15.2. The fourth-order valence-corrected chi connectivity index (χ4v) is 2.80. The van der Waals surface area contributed by atoms with Crippen LogP contribution in [0.4, 0.5) is 0 Å². The van der Waals surface area contributed by atoms with Crippen LogP contribution in [-0.2, 0) is 0 Å². The van der Waals surface area contributed by atoms with Crippen molar-refractivity contribution in [1.29, 1.82) is 0 Å². The van der Waals surface area contributed by atoms with Crippen molar-refractivity contribution in [3.63, 3.8) is 0 Å². The highest BCUT2D eigenvalue weighted by molar-refractivity contribution is 6.31. The minimum absolute atomic E-state index is 0.200. The second kappa shape index (κ2) is 7.48. The lowest BCUT2D eigenvalue weighted by molar-refractivity contribution is 0.413. The maximum Gasteiger partial charge on any atom is 0.118 e. The number of ether oxygens (including phenoxy) is 1. The zero-order valence-corrected chi connectivity index (χ0v) is 13.5. The lowest BCUT2D eigenvalue weighted by Crippen LogP contribution is -2.24. The van der Waals surface area contributed by atoms with Gasteiger partial charge in [0.25, 0.3) is 0 Å². The molecule has 0 heterocycles. The summed E-state index contributed by atoms with van der Waals surface area (Å²) >= 11 is 6.27. The van der Waals surface area contributed by atoms with Gasteiger partial charge in [0.2, 0.25) is 0 Å². The smallest absolute Gasteiger partial charge is 0.118 e. The summed E-state index contributed by atoms with van der Waals surface area (Å²) in [6.07, 6.45) is 1.02. The number of hydrogen-bond donors (Lipinski definition) is 1. The molecular formula is C18H22ClNO. The molecule has 0 aliphatic carbocycles. The Morgan fingerprint density at radius 2 is 1.76 bits per heavy atom.